The molecule has 0 saturated carbocycles. The Bertz CT molecular complexity index is 1460. The molecule has 0 spiro atoms. The average Bonchev–Trinajstić information content (AvgIpc) is 2.96. The predicted molar refractivity (Wildman–Crippen MR) is 141 cm³/mol. The second-order valence-corrected chi connectivity index (χ2v) is 9.51. The fourth-order valence-electron chi connectivity index (χ4n) is 4.32. The van der Waals surface area contributed by atoms with Crippen molar-refractivity contribution in [3.63, 3.8) is 0 Å². The van der Waals surface area contributed by atoms with Crippen LogP contribution in [-0.4, -0.2) is 47.8 Å². The quantitative estimate of drug-likeness (QED) is 0.227. The van der Waals surface area contributed by atoms with Gasteiger partial charge in [0.15, 0.2) is 11.6 Å². The van der Waals surface area contributed by atoms with Crippen molar-refractivity contribution in [2.45, 2.75) is 24.9 Å². The van der Waals surface area contributed by atoms with Crippen molar-refractivity contribution in [3.8, 4) is 22.9 Å². The van der Waals surface area contributed by atoms with Crippen LogP contribution in [-0.2, 0) is 11.3 Å². The Hall–Kier alpha value is -3.91. The molecule has 1 aromatic carbocycles. The lowest BCUT2D eigenvalue weighted by molar-refractivity contribution is 0.402. The number of hydrogen-bond acceptors (Lipinski definition) is 8. The maximum atomic E-state index is 15.3. The molecule has 13 heteroatoms. The van der Waals surface area contributed by atoms with E-state index in [0.717, 1.165) is 25.9 Å². The molecule has 0 aliphatic carbocycles. The summed E-state index contributed by atoms with van der Waals surface area (Å²) < 4.78 is 59.5. The zero-order valence-corrected chi connectivity index (χ0v) is 21.4. The van der Waals surface area contributed by atoms with E-state index in [1.807, 2.05) is 0 Å². The monoisotopic (exact) mass is 553 g/mol. The Balaban J connectivity index is 1.42. The van der Waals surface area contributed by atoms with E-state index in [-0.39, 0.29) is 17.5 Å². The van der Waals surface area contributed by atoms with Crippen LogP contribution in [0, 0.1) is 11.6 Å². The molecule has 10 nitrogen and oxygen atoms in total. The van der Waals surface area contributed by atoms with Crippen molar-refractivity contribution in [2.24, 2.45) is 0 Å². The lowest BCUT2D eigenvalue weighted by Gasteiger charge is -2.23. The Morgan fingerprint density at radius 3 is 2.67 bits per heavy atom. The molecule has 1 aliphatic rings. The number of nitrogens with zero attached hydrogens (tertiary/aromatic N) is 4. The van der Waals surface area contributed by atoms with Gasteiger partial charge in [0.1, 0.15) is 0 Å². The number of ether oxygens (including phenoxy) is 1. The average molecular weight is 554 g/mol. The van der Waals surface area contributed by atoms with E-state index in [1.54, 1.807) is 24.4 Å². The van der Waals surface area contributed by atoms with E-state index < -0.39 is 34.7 Å². The summed E-state index contributed by atoms with van der Waals surface area (Å²) in [5.74, 6) is -2.46. The number of pyridine rings is 2. The van der Waals surface area contributed by atoms with Gasteiger partial charge in [-0.25, -0.2) is 28.3 Å². The molecule has 3 atom stereocenters. The van der Waals surface area contributed by atoms with E-state index >= 15 is 8.78 Å². The smallest absolute Gasteiger partial charge is 0.232 e. The van der Waals surface area contributed by atoms with Crippen LogP contribution >= 0.6 is 0 Å². The molecule has 4 heterocycles. The molecule has 1 saturated heterocycles. The Morgan fingerprint density at radius 1 is 1.05 bits per heavy atom. The molecule has 5 rings (SSSR count). The van der Waals surface area contributed by atoms with E-state index in [9.17, 15) is 8.76 Å². The normalized spacial score (nSPS) is 16.8. The molecule has 0 radical (unpaired) electrons. The number of rotatable bonds is 9. The van der Waals surface area contributed by atoms with Crippen LogP contribution < -0.4 is 20.1 Å². The summed E-state index contributed by atoms with van der Waals surface area (Å²) in [5.41, 5.74) is 1.19. The minimum Gasteiger partial charge on any atom is -0.435 e. The summed E-state index contributed by atoms with van der Waals surface area (Å²) in [6.45, 7) is 1.79. The summed E-state index contributed by atoms with van der Waals surface area (Å²) in [5, 5.41) is 6.64. The minimum atomic E-state index is -2.50. The van der Waals surface area contributed by atoms with Crippen LogP contribution in [0.25, 0.3) is 11.3 Å². The van der Waals surface area contributed by atoms with Gasteiger partial charge >= 0.3 is 0 Å². The Labute approximate surface area is 225 Å². The lowest BCUT2D eigenvalue weighted by atomic mass is 9.99. The number of anilines is 1. The zero-order valence-electron chi connectivity index (χ0n) is 20.6. The van der Waals surface area contributed by atoms with Gasteiger partial charge < -0.3 is 15.4 Å². The zero-order chi connectivity index (χ0) is 27.2. The molecular weight excluding hydrogens is 528 g/mol. The highest BCUT2D eigenvalue weighted by Crippen LogP contribution is 2.35. The SMILES string of the molecule is O=S(O)N[C@@H](c1ccncc1)c1ccc(Oc2ncccc2-c2ccnc(N[C@H]3CCCNC3)n2)c(F)c1F. The van der Waals surface area contributed by atoms with Crippen molar-refractivity contribution in [3.05, 3.63) is 90.0 Å². The van der Waals surface area contributed by atoms with Crippen molar-refractivity contribution in [1.82, 2.24) is 30.0 Å². The van der Waals surface area contributed by atoms with E-state index in [1.165, 1.54) is 42.9 Å². The van der Waals surface area contributed by atoms with Gasteiger partial charge in [-0.15, -0.1) is 0 Å². The molecule has 1 unspecified atom stereocenters. The number of aromatic nitrogens is 4. The fourth-order valence-corrected chi connectivity index (χ4v) is 4.79. The molecule has 1 aliphatic heterocycles. The first-order valence-electron chi connectivity index (χ1n) is 12.2. The summed E-state index contributed by atoms with van der Waals surface area (Å²) >= 11 is -2.50. The van der Waals surface area contributed by atoms with Gasteiger partial charge in [0.2, 0.25) is 28.9 Å². The topological polar surface area (TPSA) is 134 Å². The van der Waals surface area contributed by atoms with Gasteiger partial charge in [0.05, 0.1) is 17.3 Å². The van der Waals surface area contributed by atoms with Crippen LogP contribution in [0.5, 0.6) is 11.6 Å². The first kappa shape index (κ1) is 26.7. The maximum absolute atomic E-state index is 15.3. The number of hydrogen-bond donors (Lipinski definition) is 4. The summed E-state index contributed by atoms with van der Waals surface area (Å²) in [6.07, 6.45) is 8.00. The first-order valence-corrected chi connectivity index (χ1v) is 13.3. The Morgan fingerprint density at radius 2 is 1.90 bits per heavy atom. The molecule has 3 aromatic heterocycles. The van der Waals surface area contributed by atoms with Crippen molar-refractivity contribution in [2.75, 3.05) is 18.4 Å². The van der Waals surface area contributed by atoms with Crippen LogP contribution in [0.4, 0.5) is 14.7 Å². The highest BCUT2D eigenvalue weighted by molar-refractivity contribution is 7.77. The molecule has 4 N–H and O–H groups in total. The van der Waals surface area contributed by atoms with Crippen LogP contribution in [0.3, 0.4) is 0 Å². The predicted octanol–water partition coefficient (Wildman–Crippen LogP) is 3.98. The lowest BCUT2D eigenvalue weighted by Crippen LogP contribution is -2.38. The molecule has 0 bridgehead atoms. The molecule has 4 aromatic rings. The third kappa shape index (κ3) is 6.40. The highest BCUT2D eigenvalue weighted by atomic mass is 32.2. The summed E-state index contributed by atoms with van der Waals surface area (Å²) in [4.78, 5) is 17.0. The number of piperidine rings is 1. The second kappa shape index (κ2) is 12.3. The van der Waals surface area contributed by atoms with Crippen molar-refractivity contribution in [1.29, 1.82) is 0 Å². The molecule has 0 amide bonds. The fraction of sp³-hybridized carbons (Fsp3) is 0.231. The molecule has 1 fully saturated rings. The molecular formula is C26H25F2N7O3S. The van der Waals surface area contributed by atoms with Gasteiger partial charge in [-0.2, -0.15) is 4.39 Å². The summed E-state index contributed by atoms with van der Waals surface area (Å²) in [6, 6.07) is 9.74. The van der Waals surface area contributed by atoms with Crippen LogP contribution in [0.15, 0.2) is 67.3 Å². The second-order valence-electron chi connectivity index (χ2n) is 8.77. The highest BCUT2D eigenvalue weighted by Gasteiger charge is 2.25. The van der Waals surface area contributed by atoms with Gasteiger partial charge in [-0.05, 0) is 61.3 Å². The molecule has 39 heavy (non-hydrogen) atoms. The van der Waals surface area contributed by atoms with Crippen molar-refractivity contribution < 1.29 is 22.3 Å². The largest absolute Gasteiger partial charge is 0.435 e. The Kier molecular flexibility index (Phi) is 8.42. The van der Waals surface area contributed by atoms with Gasteiger partial charge in [-0.1, -0.05) is 6.07 Å². The van der Waals surface area contributed by atoms with Gasteiger partial charge in [-0.3, -0.25) is 9.54 Å². The first-order chi connectivity index (χ1) is 19.0. The standard InChI is InChI=1S/C26H25F2N7O3S/c27-22-19(24(35-39(36)37)16-7-12-29-13-8-16)5-6-21(23(22)28)38-25-18(4-2-11-31-25)20-9-14-32-26(34-20)33-17-3-1-10-30-15-17/h2,4-9,11-14,17,24,30,35H,1,3,10,15H2,(H,36,37)(H,32,33,34)/t17-,24-/m0/s1. The number of benzene rings is 1. The third-order valence-corrected chi connectivity index (χ3v) is 6.62. The van der Waals surface area contributed by atoms with Gasteiger partial charge in [0.25, 0.3) is 0 Å². The van der Waals surface area contributed by atoms with Crippen LogP contribution in [0.1, 0.15) is 30.0 Å². The van der Waals surface area contributed by atoms with E-state index in [2.05, 4.69) is 35.3 Å². The van der Waals surface area contributed by atoms with Crippen LogP contribution in [0.2, 0.25) is 0 Å². The maximum Gasteiger partial charge on any atom is 0.232 e. The number of halogens is 2. The minimum absolute atomic E-state index is 0.0211. The third-order valence-electron chi connectivity index (χ3n) is 6.19. The molecule has 202 valence electrons. The van der Waals surface area contributed by atoms with Gasteiger partial charge in [0, 0.05) is 42.9 Å². The van der Waals surface area contributed by atoms with Crippen molar-refractivity contribution >= 4 is 17.2 Å². The van der Waals surface area contributed by atoms with E-state index in [0.29, 0.717) is 22.8 Å². The summed E-state index contributed by atoms with van der Waals surface area (Å²) in [7, 11) is 0. The van der Waals surface area contributed by atoms with E-state index in [4.69, 9.17) is 4.74 Å². The number of nitrogens with one attached hydrogen (secondary N) is 3.